The molecule has 7 heteroatoms. The molecule has 1 N–H and O–H groups in total. The Kier molecular flexibility index (Phi) is 3.68. The summed E-state index contributed by atoms with van der Waals surface area (Å²) in [5, 5.41) is 3.35. The molecule has 3 rings (SSSR count). The van der Waals surface area contributed by atoms with E-state index in [4.69, 9.17) is 0 Å². The first-order chi connectivity index (χ1) is 10.4. The van der Waals surface area contributed by atoms with Gasteiger partial charge in [-0.25, -0.2) is 9.78 Å². The van der Waals surface area contributed by atoms with E-state index in [0.717, 1.165) is 25.2 Å². The second kappa shape index (κ2) is 5.39. The fourth-order valence-corrected chi connectivity index (χ4v) is 3.19. The molecule has 22 heavy (non-hydrogen) atoms. The Hall–Kier alpha value is -1.89. The van der Waals surface area contributed by atoms with E-state index in [1.807, 2.05) is 27.8 Å². The molecule has 1 fully saturated rings. The minimum Gasteiger partial charge on any atom is -0.325 e. The third kappa shape index (κ3) is 2.20. The lowest BCUT2D eigenvalue weighted by atomic mass is 10.2. The lowest BCUT2D eigenvalue weighted by Gasteiger charge is -2.17. The van der Waals surface area contributed by atoms with Gasteiger partial charge in [0, 0.05) is 25.7 Å². The Labute approximate surface area is 128 Å². The van der Waals surface area contributed by atoms with Gasteiger partial charge in [0.05, 0.1) is 0 Å². The molecule has 0 spiro atoms. The van der Waals surface area contributed by atoms with Gasteiger partial charge in [-0.1, -0.05) is 0 Å². The minimum absolute atomic E-state index is 0.0484. The van der Waals surface area contributed by atoms with Crippen LogP contribution in [0.15, 0.2) is 9.59 Å². The van der Waals surface area contributed by atoms with Crippen molar-refractivity contribution in [1.82, 2.24) is 24.0 Å². The van der Waals surface area contributed by atoms with E-state index in [1.165, 1.54) is 4.57 Å². The van der Waals surface area contributed by atoms with Crippen molar-refractivity contribution in [1.29, 1.82) is 0 Å². The Bertz CT molecular complexity index is 821. The summed E-state index contributed by atoms with van der Waals surface area (Å²) in [4.78, 5) is 30.0. The van der Waals surface area contributed by atoms with Gasteiger partial charge in [-0.2, -0.15) is 0 Å². The molecular formula is C15H23N5O2. The third-order valence-corrected chi connectivity index (χ3v) is 4.49. The first-order valence-electron chi connectivity index (χ1n) is 7.83. The fourth-order valence-electron chi connectivity index (χ4n) is 3.19. The number of rotatable bonds is 3. The molecule has 1 aliphatic heterocycles. The Balaban J connectivity index is 2.29. The lowest BCUT2D eigenvalue weighted by molar-refractivity contribution is 0.457. The zero-order valence-electron chi connectivity index (χ0n) is 13.6. The number of imidazole rings is 1. The van der Waals surface area contributed by atoms with E-state index in [9.17, 15) is 9.59 Å². The van der Waals surface area contributed by atoms with E-state index in [0.29, 0.717) is 17.7 Å². The summed E-state index contributed by atoms with van der Waals surface area (Å²) in [6.45, 7) is 7.09. The molecule has 0 radical (unpaired) electrons. The fraction of sp³-hybridized carbons (Fsp3) is 0.667. The van der Waals surface area contributed by atoms with Gasteiger partial charge in [0.2, 0.25) is 0 Å². The lowest BCUT2D eigenvalue weighted by Crippen LogP contribution is -2.44. The number of hydrogen-bond donors (Lipinski definition) is 1. The van der Waals surface area contributed by atoms with Gasteiger partial charge in [0.15, 0.2) is 11.2 Å². The van der Waals surface area contributed by atoms with Crippen LogP contribution in [0.1, 0.15) is 38.6 Å². The maximum absolute atomic E-state index is 12.8. The molecule has 120 valence electrons. The normalized spacial score (nSPS) is 18.7. The van der Waals surface area contributed by atoms with Crippen molar-refractivity contribution in [2.24, 2.45) is 7.05 Å². The van der Waals surface area contributed by atoms with Crippen LogP contribution >= 0.6 is 0 Å². The molecule has 0 aliphatic carbocycles. The summed E-state index contributed by atoms with van der Waals surface area (Å²) >= 11 is 0. The van der Waals surface area contributed by atoms with Crippen LogP contribution in [0.2, 0.25) is 0 Å². The number of aryl methyl sites for hydroxylation is 2. The zero-order valence-corrected chi connectivity index (χ0v) is 13.6. The van der Waals surface area contributed by atoms with E-state index in [-0.39, 0.29) is 23.3 Å². The van der Waals surface area contributed by atoms with Crippen molar-refractivity contribution in [2.45, 2.75) is 52.2 Å². The van der Waals surface area contributed by atoms with E-state index < -0.39 is 0 Å². The standard InChI is InChI=1S/C15H23N5O2/c1-9(2)20-13-12(18(4)10(3)17-13)14(21)19(15(20)22)8-11-6-5-7-16-11/h9,11,16H,5-8H2,1-4H3. The SMILES string of the molecule is Cc1nc2c(c(=O)n(CC3CCCN3)c(=O)n2C(C)C)n1C. The van der Waals surface area contributed by atoms with Crippen LogP contribution < -0.4 is 16.6 Å². The summed E-state index contributed by atoms with van der Waals surface area (Å²) in [6.07, 6.45) is 2.08. The summed E-state index contributed by atoms with van der Waals surface area (Å²) < 4.78 is 4.76. The number of hydrogen-bond acceptors (Lipinski definition) is 4. The molecule has 1 aliphatic rings. The average Bonchev–Trinajstić information content (AvgIpc) is 3.04. The van der Waals surface area contributed by atoms with E-state index in [2.05, 4.69) is 10.3 Å². The van der Waals surface area contributed by atoms with E-state index >= 15 is 0 Å². The highest BCUT2D eigenvalue weighted by Crippen LogP contribution is 2.14. The molecule has 0 saturated carbocycles. The van der Waals surface area contributed by atoms with Gasteiger partial charge < -0.3 is 9.88 Å². The Morgan fingerprint density at radius 2 is 2.09 bits per heavy atom. The third-order valence-electron chi connectivity index (χ3n) is 4.49. The molecule has 7 nitrogen and oxygen atoms in total. The van der Waals surface area contributed by atoms with Crippen LogP contribution in [-0.4, -0.2) is 31.3 Å². The molecule has 3 heterocycles. The highest BCUT2D eigenvalue weighted by Gasteiger charge is 2.23. The van der Waals surface area contributed by atoms with Gasteiger partial charge in [-0.15, -0.1) is 0 Å². The molecule has 1 atom stereocenters. The van der Waals surface area contributed by atoms with E-state index in [1.54, 1.807) is 9.13 Å². The van der Waals surface area contributed by atoms with Crippen LogP contribution in [0.3, 0.4) is 0 Å². The van der Waals surface area contributed by atoms with Crippen LogP contribution in [0, 0.1) is 6.92 Å². The first-order valence-corrected chi connectivity index (χ1v) is 7.83. The van der Waals surface area contributed by atoms with Crippen LogP contribution in [-0.2, 0) is 13.6 Å². The van der Waals surface area contributed by atoms with Crippen LogP contribution in [0.25, 0.3) is 11.2 Å². The molecule has 0 aromatic carbocycles. The second-order valence-electron chi connectivity index (χ2n) is 6.35. The quantitative estimate of drug-likeness (QED) is 0.898. The van der Waals surface area contributed by atoms with Gasteiger partial charge in [0.1, 0.15) is 5.82 Å². The summed E-state index contributed by atoms with van der Waals surface area (Å²) in [5.74, 6) is 0.734. The maximum Gasteiger partial charge on any atom is 0.333 e. The predicted octanol–water partition coefficient (Wildman–Crippen LogP) is 0.538. The first kappa shape index (κ1) is 15.0. The zero-order chi connectivity index (χ0) is 16.0. The molecule has 1 saturated heterocycles. The number of nitrogens with one attached hydrogen (secondary N) is 1. The van der Waals surface area contributed by atoms with Crippen molar-refractivity contribution in [3.8, 4) is 0 Å². The number of fused-ring (bicyclic) bond motifs is 1. The minimum atomic E-state index is -0.265. The summed E-state index contributed by atoms with van der Waals surface area (Å²) in [5.41, 5.74) is 0.484. The van der Waals surface area contributed by atoms with Crippen molar-refractivity contribution in [3.63, 3.8) is 0 Å². The summed E-state index contributed by atoms with van der Waals surface area (Å²) in [6, 6.07) is 0.144. The van der Waals surface area contributed by atoms with Gasteiger partial charge in [-0.05, 0) is 40.2 Å². The van der Waals surface area contributed by atoms with Gasteiger partial charge in [0.25, 0.3) is 5.56 Å². The van der Waals surface area contributed by atoms with Gasteiger partial charge in [-0.3, -0.25) is 13.9 Å². The molecule has 2 aromatic rings. The van der Waals surface area contributed by atoms with Crippen molar-refractivity contribution >= 4 is 11.2 Å². The second-order valence-corrected chi connectivity index (χ2v) is 6.35. The number of aromatic nitrogens is 4. The Morgan fingerprint density at radius 1 is 1.36 bits per heavy atom. The van der Waals surface area contributed by atoms with Crippen molar-refractivity contribution < 1.29 is 0 Å². The Morgan fingerprint density at radius 3 is 2.68 bits per heavy atom. The largest absolute Gasteiger partial charge is 0.333 e. The van der Waals surface area contributed by atoms with Crippen LogP contribution in [0.5, 0.6) is 0 Å². The highest BCUT2D eigenvalue weighted by atomic mass is 16.2. The highest BCUT2D eigenvalue weighted by molar-refractivity contribution is 5.71. The summed E-state index contributed by atoms with van der Waals surface area (Å²) in [7, 11) is 1.82. The molecular weight excluding hydrogens is 282 g/mol. The predicted molar refractivity (Wildman–Crippen MR) is 85.4 cm³/mol. The number of nitrogens with zero attached hydrogens (tertiary/aromatic N) is 4. The smallest absolute Gasteiger partial charge is 0.325 e. The molecule has 0 amide bonds. The van der Waals surface area contributed by atoms with Gasteiger partial charge >= 0.3 is 5.69 Å². The van der Waals surface area contributed by atoms with Crippen LogP contribution in [0.4, 0.5) is 0 Å². The maximum atomic E-state index is 12.8. The van der Waals surface area contributed by atoms with Crippen molar-refractivity contribution in [2.75, 3.05) is 6.54 Å². The monoisotopic (exact) mass is 305 g/mol. The molecule has 0 bridgehead atoms. The molecule has 2 aromatic heterocycles. The topological polar surface area (TPSA) is 73.8 Å². The molecule has 1 unspecified atom stereocenters. The van der Waals surface area contributed by atoms with Crippen molar-refractivity contribution in [3.05, 3.63) is 26.7 Å². The average molecular weight is 305 g/mol.